The Morgan fingerprint density at radius 3 is 1.49 bits per heavy atom. The van der Waals surface area contributed by atoms with Gasteiger partial charge in [-0.1, -0.05) is 0 Å². The van der Waals surface area contributed by atoms with E-state index in [4.69, 9.17) is 28.4 Å². The van der Waals surface area contributed by atoms with Crippen LogP contribution in [0.4, 0.5) is 0 Å². The Labute approximate surface area is 202 Å². The standard InChI is InChI=1S/C25H30O10/c1-24-12-14-20(24)16(10-18(26)34-24)30-6-4-3-5-7-31-17-11-19(27)35-25(2)13-15(21(17)25)23(29)33-9-8-32-22(14)28/h10-11,14-15,20-21H,3-9,12-13H2,1-2H3/t14-,15+,20?,21?,24-,25+. The molecule has 2 aliphatic carbocycles. The van der Waals surface area contributed by atoms with Gasteiger partial charge in [-0.2, -0.15) is 0 Å². The van der Waals surface area contributed by atoms with Crippen LogP contribution >= 0.6 is 0 Å². The van der Waals surface area contributed by atoms with Crippen molar-refractivity contribution in [3.8, 4) is 0 Å². The van der Waals surface area contributed by atoms with Gasteiger partial charge in [0.2, 0.25) is 0 Å². The summed E-state index contributed by atoms with van der Waals surface area (Å²) >= 11 is 0. The third-order valence-electron chi connectivity index (χ3n) is 7.68. The van der Waals surface area contributed by atoms with Crippen LogP contribution in [0.15, 0.2) is 23.7 Å². The molecular formula is C25H30O10. The number of carbonyl (C=O) groups is 4. The summed E-state index contributed by atoms with van der Waals surface area (Å²) < 4.78 is 33.5. The van der Waals surface area contributed by atoms with Crippen LogP contribution in [-0.2, 0) is 47.6 Å². The van der Waals surface area contributed by atoms with Gasteiger partial charge in [0.05, 0.1) is 49.0 Å². The summed E-state index contributed by atoms with van der Waals surface area (Å²) in [6.07, 6.45) is 5.51. The van der Waals surface area contributed by atoms with Crippen molar-refractivity contribution < 1.29 is 47.6 Å². The molecule has 3 heterocycles. The van der Waals surface area contributed by atoms with Gasteiger partial charge in [-0.05, 0) is 33.1 Å². The fourth-order valence-electron chi connectivity index (χ4n) is 5.99. The van der Waals surface area contributed by atoms with Gasteiger partial charge in [-0.15, -0.1) is 0 Å². The van der Waals surface area contributed by atoms with Crippen LogP contribution in [0.5, 0.6) is 0 Å². The molecule has 0 radical (unpaired) electrons. The summed E-state index contributed by atoms with van der Waals surface area (Å²) in [6.45, 7) is 4.17. The van der Waals surface area contributed by atoms with Crippen LogP contribution in [0.1, 0.15) is 46.0 Å². The van der Waals surface area contributed by atoms with Crippen molar-refractivity contribution in [3.63, 3.8) is 0 Å². The van der Waals surface area contributed by atoms with Crippen molar-refractivity contribution in [1.82, 2.24) is 0 Å². The molecular weight excluding hydrogens is 460 g/mol. The number of hydrogen-bond donors (Lipinski definition) is 0. The highest BCUT2D eigenvalue weighted by Crippen LogP contribution is 2.54. The highest BCUT2D eigenvalue weighted by molar-refractivity contribution is 5.87. The molecule has 0 amide bonds. The third kappa shape index (κ3) is 4.27. The van der Waals surface area contributed by atoms with Crippen LogP contribution in [0, 0.1) is 23.7 Å². The summed E-state index contributed by atoms with van der Waals surface area (Å²) in [5.74, 6) is -2.76. The molecule has 3 aliphatic heterocycles. The maximum atomic E-state index is 12.7. The Kier molecular flexibility index (Phi) is 6.01. The van der Waals surface area contributed by atoms with E-state index >= 15 is 0 Å². The smallest absolute Gasteiger partial charge is 0.334 e. The zero-order chi connectivity index (χ0) is 24.8. The molecule has 2 unspecified atom stereocenters. The van der Waals surface area contributed by atoms with E-state index in [0.717, 1.165) is 6.42 Å². The van der Waals surface area contributed by atoms with E-state index in [1.165, 1.54) is 12.2 Å². The van der Waals surface area contributed by atoms with Gasteiger partial charge in [-0.25, -0.2) is 9.59 Å². The fraction of sp³-hybridized carbons (Fsp3) is 0.680. The summed E-state index contributed by atoms with van der Waals surface area (Å²) in [5.41, 5.74) is -1.60. The Hall–Kier alpha value is -3.04. The van der Waals surface area contributed by atoms with E-state index in [-0.39, 0.29) is 13.2 Å². The number of hydrogen-bond acceptors (Lipinski definition) is 10. The van der Waals surface area contributed by atoms with Crippen LogP contribution in [0.3, 0.4) is 0 Å². The molecule has 5 aliphatic rings. The van der Waals surface area contributed by atoms with Gasteiger partial charge in [0.1, 0.15) is 35.9 Å². The Morgan fingerprint density at radius 2 is 1.06 bits per heavy atom. The lowest BCUT2D eigenvalue weighted by atomic mass is 9.60. The number of carbonyl (C=O) groups excluding carboxylic acids is 4. The second-order valence-corrected chi connectivity index (χ2v) is 10.2. The largest absolute Gasteiger partial charge is 0.497 e. The van der Waals surface area contributed by atoms with Crippen LogP contribution in [-0.4, -0.2) is 61.5 Å². The maximum Gasteiger partial charge on any atom is 0.334 e. The average Bonchev–Trinajstić information content (AvgIpc) is 2.75. The SMILES string of the molecule is C[C@]12C[C@H]3C(=O)OCCOC(=O)[C@H]4C[C@]5(C)OC(=O)C=C(OCCCCCOC(=CC(=O)O1)C32)C45. The second-order valence-electron chi connectivity index (χ2n) is 10.2. The lowest BCUT2D eigenvalue weighted by molar-refractivity contribution is -0.206. The van der Waals surface area contributed by atoms with E-state index in [0.29, 0.717) is 50.4 Å². The molecule has 190 valence electrons. The van der Waals surface area contributed by atoms with Crippen LogP contribution in [0.2, 0.25) is 0 Å². The molecule has 10 nitrogen and oxygen atoms in total. The molecule has 0 spiro atoms. The topological polar surface area (TPSA) is 124 Å². The minimum absolute atomic E-state index is 0.0902. The van der Waals surface area contributed by atoms with Gasteiger partial charge in [0.15, 0.2) is 0 Å². The quantitative estimate of drug-likeness (QED) is 0.368. The summed E-state index contributed by atoms with van der Waals surface area (Å²) in [4.78, 5) is 49.5. The lowest BCUT2D eigenvalue weighted by Gasteiger charge is -2.52. The number of cyclic esters (lactones) is 2. The van der Waals surface area contributed by atoms with Gasteiger partial charge in [0, 0.05) is 12.8 Å². The first-order valence-corrected chi connectivity index (χ1v) is 12.2. The third-order valence-corrected chi connectivity index (χ3v) is 7.68. The molecule has 35 heavy (non-hydrogen) atoms. The first kappa shape index (κ1) is 23.7. The van der Waals surface area contributed by atoms with Crippen molar-refractivity contribution in [2.75, 3.05) is 26.4 Å². The van der Waals surface area contributed by atoms with Crippen LogP contribution < -0.4 is 0 Å². The van der Waals surface area contributed by atoms with Crippen LogP contribution in [0.25, 0.3) is 0 Å². The van der Waals surface area contributed by atoms with Crippen molar-refractivity contribution in [2.24, 2.45) is 23.7 Å². The minimum Gasteiger partial charge on any atom is -0.497 e. The van der Waals surface area contributed by atoms with Gasteiger partial charge in [0.25, 0.3) is 0 Å². The Bertz CT molecular complexity index is 920. The first-order chi connectivity index (χ1) is 16.7. The van der Waals surface area contributed by atoms with Crippen molar-refractivity contribution in [3.05, 3.63) is 23.7 Å². The fourth-order valence-corrected chi connectivity index (χ4v) is 5.99. The average molecular weight is 491 g/mol. The predicted octanol–water partition coefficient (Wildman–Crippen LogP) is 1.96. The Morgan fingerprint density at radius 1 is 0.629 bits per heavy atom. The first-order valence-electron chi connectivity index (χ1n) is 12.2. The monoisotopic (exact) mass is 490 g/mol. The lowest BCUT2D eigenvalue weighted by Crippen LogP contribution is -2.60. The normalized spacial score (nSPS) is 39.7. The van der Waals surface area contributed by atoms with E-state index in [9.17, 15) is 19.2 Å². The molecule has 3 fully saturated rings. The summed E-state index contributed by atoms with van der Waals surface area (Å²) in [6, 6.07) is 0. The van der Waals surface area contributed by atoms with E-state index in [2.05, 4.69) is 0 Å². The molecule has 1 saturated heterocycles. The Balaban J connectivity index is 1.28. The molecule has 0 N–H and O–H groups in total. The van der Waals surface area contributed by atoms with Crippen molar-refractivity contribution >= 4 is 23.9 Å². The molecule has 0 bridgehead atoms. The van der Waals surface area contributed by atoms with Gasteiger partial charge < -0.3 is 28.4 Å². The summed E-state index contributed by atoms with van der Waals surface area (Å²) in [5, 5.41) is 0. The highest BCUT2D eigenvalue weighted by atomic mass is 16.6. The molecule has 0 aromatic rings. The number of ether oxygens (including phenoxy) is 6. The zero-order valence-corrected chi connectivity index (χ0v) is 19.9. The molecule has 6 atom stereocenters. The summed E-state index contributed by atoms with van der Waals surface area (Å²) in [7, 11) is 0. The zero-order valence-electron chi connectivity index (χ0n) is 19.9. The molecule has 2 saturated carbocycles. The van der Waals surface area contributed by atoms with E-state index in [1.807, 2.05) is 0 Å². The molecule has 0 aromatic heterocycles. The number of esters is 4. The highest BCUT2D eigenvalue weighted by Gasteiger charge is 2.62. The maximum absolute atomic E-state index is 12.7. The molecule has 0 aromatic carbocycles. The van der Waals surface area contributed by atoms with Gasteiger partial charge >= 0.3 is 23.9 Å². The molecule has 10 heteroatoms. The predicted molar refractivity (Wildman–Crippen MR) is 116 cm³/mol. The van der Waals surface area contributed by atoms with E-state index < -0.39 is 58.8 Å². The number of rotatable bonds is 0. The second kappa shape index (κ2) is 8.87. The van der Waals surface area contributed by atoms with Crippen molar-refractivity contribution in [2.45, 2.75) is 57.2 Å². The minimum atomic E-state index is -0.801. The van der Waals surface area contributed by atoms with E-state index in [1.54, 1.807) is 13.8 Å². The molecule has 5 rings (SSSR count). The van der Waals surface area contributed by atoms with Crippen molar-refractivity contribution in [1.29, 1.82) is 0 Å². The van der Waals surface area contributed by atoms with Gasteiger partial charge in [-0.3, -0.25) is 9.59 Å².